The molecule has 7 heteroatoms. The Hall–Kier alpha value is -1.47. The Morgan fingerprint density at radius 1 is 1.50 bits per heavy atom. The summed E-state index contributed by atoms with van der Waals surface area (Å²) in [5.41, 5.74) is 5.34. The number of carbonyl (C=O) groups excluding carboxylic acids is 2. The Morgan fingerprint density at radius 3 is 2.78 bits per heavy atom. The van der Waals surface area contributed by atoms with Crippen LogP contribution in [0.5, 0.6) is 0 Å². The molecule has 1 aliphatic rings. The van der Waals surface area contributed by atoms with Crippen LogP contribution in [0.15, 0.2) is 0 Å². The van der Waals surface area contributed by atoms with E-state index in [1.165, 1.54) is 0 Å². The predicted octanol–water partition coefficient (Wildman–Crippen LogP) is -1.53. The Morgan fingerprint density at radius 2 is 2.22 bits per heavy atom. The lowest BCUT2D eigenvalue weighted by Crippen LogP contribution is -2.36. The first kappa shape index (κ1) is 14.6. The van der Waals surface area contributed by atoms with Gasteiger partial charge >= 0.3 is 5.97 Å². The molecule has 0 aromatic rings. The van der Waals surface area contributed by atoms with Crippen molar-refractivity contribution in [3.8, 4) is 0 Å². The van der Waals surface area contributed by atoms with E-state index in [4.69, 9.17) is 10.8 Å². The number of aliphatic carboxylic acids is 1. The normalized spacial score (nSPS) is 20.7. The van der Waals surface area contributed by atoms with Gasteiger partial charge in [0.1, 0.15) is 12.0 Å². The number of Topliss-reactive ketones (excluding diaryl/α,β-unsaturated/α-hetero) is 1. The molecule has 1 fully saturated rings. The van der Waals surface area contributed by atoms with Crippen molar-refractivity contribution in [2.75, 3.05) is 19.6 Å². The molecule has 1 heterocycles. The first-order chi connectivity index (χ1) is 8.52. The second-order valence-corrected chi connectivity index (χ2v) is 4.38. The molecule has 0 aliphatic carbocycles. The molecule has 0 aromatic carbocycles. The fourth-order valence-corrected chi connectivity index (χ4v) is 1.76. The molecular formula is C11H19N3O4. The van der Waals surface area contributed by atoms with Crippen molar-refractivity contribution in [2.45, 2.75) is 25.3 Å². The van der Waals surface area contributed by atoms with Gasteiger partial charge in [-0.05, 0) is 19.3 Å². The summed E-state index contributed by atoms with van der Waals surface area (Å²) in [6, 6.07) is -0.846. The van der Waals surface area contributed by atoms with E-state index in [9.17, 15) is 14.4 Å². The zero-order valence-corrected chi connectivity index (χ0v) is 10.1. The van der Waals surface area contributed by atoms with E-state index in [0.717, 1.165) is 0 Å². The lowest BCUT2D eigenvalue weighted by Gasteiger charge is -2.09. The van der Waals surface area contributed by atoms with Crippen molar-refractivity contribution >= 4 is 17.7 Å². The molecule has 0 bridgehead atoms. The third-order valence-electron chi connectivity index (χ3n) is 2.91. The van der Waals surface area contributed by atoms with Gasteiger partial charge in [-0.3, -0.25) is 14.4 Å². The fraction of sp³-hybridized carbons (Fsp3) is 0.727. The molecule has 2 atom stereocenters. The highest BCUT2D eigenvalue weighted by molar-refractivity contribution is 6.03. The summed E-state index contributed by atoms with van der Waals surface area (Å²) in [6.07, 6.45) is 1.67. The Kier molecular flexibility index (Phi) is 5.73. The number of rotatable bonds is 7. The van der Waals surface area contributed by atoms with Crippen LogP contribution in [-0.4, -0.2) is 48.4 Å². The van der Waals surface area contributed by atoms with Gasteiger partial charge in [0.15, 0.2) is 5.78 Å². The van der Waals surface area contributed by atoms with E-state index in [1.807, 2.05) is 0 Å². The van der Waals surface area contributed by atoms with Crippen LogP contribution in [-0.2, 0) is 14.4 Å². The minimum absolute atomic E-state index is 0.0830. The molecule has 1 aliphatic heterocycles. The molecule has 5 N–H and O–H groups in total. The minimum atomic E-state index is -1.01. The molecule has 1 saturated heterocycles. The average molecular weight is 257 g/mol. The van der Waals surface area contributed by atoms with Crippen LogP contribution >= 0.6 is 0 Å². The first-order valence-corrected chi connectivity index (χ1v) is 6.02. The number of amides is 1. The van der Waals surface area contributed by atoms with Crippen molar-refractivity contribution in [3.05, 3.63) is 0 Å². The highest BCUT2D eigenvalue weighted by Gasteiger charge is 2.30. The van der Waals surface area contributed by atoms with Gasteiger partial charge in [-0.15, -0.1) is 0 Å². The van der Waals surface area contributed by atoms with E-state index in [-0.39, 0.29) is 18.2 Å². The number of hydrogen-bond acceptors (Lipinski definition) is 5. The fourth-order valence-electron chi connectivity index (χ4n) is 1.76. The monoisotopic (exact) mass is 257 g/mol. The van der Waals surface area contributed by atoms with Gasteiger partial charge in [-0.25, -0.2) is 0 Å². The van der Waals surface area contributed by atoms with Crippen molar-refractivity contribution in [1.82, 2.24) is 10.6 Å². The van der Waals surface area contributed by atoms with Gasteiger partial charge in [0, 0.05) is 13.1 Å². The Balaban J connectivity index is 2.09. The predicted molar refractivity (Wildman–Crippen MR) is 63.8 cm³/mol. The topological polar surface area (TPSA) is 122 Å². The standard InChI is InChI=1S/C11H19N3O4/c12-8(11(17)18)3-1-2-4-14-10(16)7-5-13-6-9(7)15/h7-8,13H,1-6,12H2,(H,14,16)(H,17,18)/t7-,8-/m0/s1. The van der Waals surface area contributed by atoms with Crippen LogP contribution < -0.4 is 16.4 Å². The highest BCUT2D eigenvalue weighted by atomic mass is 16.4. The van der Waals surface area contributed by atoms with Crippen molar-refractivity contribution < 1.29 is 19.5 Å². The SMILES string of the molecule is N[C@@H](CCCCNC(=O)[C@H]1CNCC1=O)C(=O)O. The summed E-state index contributed by atoms with van der Waals surface area (Å²) < 4.78 is 0. The van der Waals surface area contributed by atoms with Crippen LogP contribution in [0.1, 0.15) is 19.3 Å². The summed E-state index contributed by atoms with van der Waals surface area (Å²) in [4.78, 5) is 33.3. The van der Waals surface area contributed by atoms with Crippen molar-refractivity contribution in [2.24, 2.45) is 11.7 Å². The zero-order chi connectivity index (χ0) is 13.5. The Bertz CT molecular complexity index is 332. The maximum Gasteiger partial charge on any atom is 0.320 e. The van der Waals surface area contributed by atoms with E-state index >= 15 is 0 Å². The Labute approximate surface area is 105 Å². The zero-order valence-electron chi connectivity index (χ0n) is 10.1. The van der Waals surface area contributed by atoms with Gasteiger partial charge in [0.2, 0.25) is 5.91 Å². The van der Waals surface area contributed by atoms with Crippen molar-refractivity contribution in [3.63, 3.8) is 0 Å². The molecule has 1 rings (SSSR count). The number of ketones is 1. The summed E-state index contributed by atoms with van der Waals surface area (Å²) >= 11 is 0. The lowest BCUT2D eigenvalue weighted by atomic mass is 10.1. The molecule has 7 nitrogen and oxygen atoms in total. The number of carboxylic acids is 1. The average Bonchev–Trinajstić information content (AvgIpc) is 2.74. The van der Waals surface area contributed by atoms with Crippen LogP contribution in [0.3, 0.4) is 0 Å². The van der Waals surface area contributed by atoms with Gasteiger partial charge in [-0.1, -0.05) is 0 Å². The van der Waals surface area contributed by atoms with Crippen molar-refractivity contribution in [1.29, 1.82) is 0 Å². The quantitative estimate of drug-likeness (QED) is 0.324. The molecule has 0 saturated carbocycles. The molecule has 102 valence electrons. The summed E-state index contributed by atoms with van der Waals surface area (Å²) in [6.45, 7) is 1.09. The number of carbonyl (C=O) groups is 3. The van der Waals surface area contributed by atoms with Gasteiger partial charge in [0.25, 0.3) is 0 Å². The van der Waals surface area contributed by atoms with E-state index < -0.39 is 17.9 Å². The minimum Gasteiger partial charge on any atom is -0.480 e. The first-order valence-electron chi connectivity index (χ1n) is 6.02. The van der Waals surface area contributed by atoms with Gasteiger partial charge < -0.3 is 21.5 Å². The van der Waals surface area contributed by atoms with Crippen LogP contribution in [0, 0.1) is 5.92 Å². The van der Waals surface area contributed by atoms with E-state index in [0.29, 0.717) is 32.4 Å². The number of nitrogens with one attached hydrogen (secondary N) is 2. The number of carboxylic acid groups (broad SMARTS) is 1. The van der Waals surface area contributed by atoms with Crippen LogP contribution in [0.25, 0.3) is 0 Å². The maximum atomic E-state index is 11.6. The molecule has 0 spiro atoms. The highest BCUT2D eigenvalue weighted by Crippen LogP contribution is 2.04. The van der Waals surface area contributed by atoms with Crippen LogP contribution in [0.2, 0.25) is 0 Å². The van der Waals surface area contributed by atoms with E-state index in [1.54, 1.807) is 0 Å². The number of unbranched alkanes of at least 4 members (excludes halogenated alkanes) is 1. The molecular weight excluding hydrogens is 238 g/mol. The molecule has 18 heavy (non-hydrogen) atoms. The largest absolute Gasteiger partial charge is 0.480 e. The second kappa shape index (κ2) is 7.07. The van der Waals surface area contributed by atoms with E-state index in [2.05, 4.69) is 10.6 Å². The lowest BCUT2D eigenvalue weighted by molar-refractivity contribution is -0.138. The summed E-state index contributed by atoms with van der Waals surface area (Å²) in [5, 5.41) is 14.1. The molecule has 0 radical (unpaired) electrons. The smallest absolute Gasteiger partial charge is 0.320 e. The summed E-state index contributed by atoms with van der Waals surface area (Å²) in [5.74, 6) is -1.93. The third-order valence-corrected chi connectivity index (χ3v) is 2.91. The van der Waals surface area contributed by atoms with Gasteiger partial charge in [0.05, 0.1) is 6.54 Å². The number of hydrogen-bond donors (Lipinski definition) is 4. The third kappa shape index (κ3) is 4.42. The van der Waals surface area contributed by atoms with Crippen LogP contribution in [0.4, 0.5) is 0 Å². The maximum absolute atomic E-state index is 11.6. The second-order valence-electron chi connectivity index (χ2n) is 4.38. The number of nitrogens with two attached hydrogens (primary N) is 1. The molecule has 1 amide bonds. The molecule has 0 aromatic heterocycles. The van der Waals surface area contributed by atoms with Gasteiger partial charge in [-0.2, -0.15) is 0 Å². The summed E-state index contributed by atoms with van der Waals surface area (Å²) in [7, 11) is 0. The molecule has 0 unspecified atom stereocenters.